The molecule has 4 nitrogen and oxygen atoms in total. The summed E-state index contributed by atoms with van der Waals surface area (Å²) in [6.07, 6.45) is 5.58. The second-order valence-corrected chi connectivity index (χ2v) is 4.80. The minimum atomic E-state index is 0.105. The van der Waals surface area contributed by atoms with Crippen molar-refractivity contribution in [1.29, 1.82) is 0 Å². The number of carbonyl (C=O) groups excluding carboxylic acids is 1. The Labute approximate surface area is 110 Å². The molecular weight excluding hydrogens is 228 g/mol. The smallest absolute Gasteiger partial charge is 0.237 e. The van der Waals surface area contributed by atoms with Crippen LogP contribution in [0, 0.1) is 5.92 Å². The Morgan fingerprint density at radius 1 is 1.39 bits per heavy atom. The van der Waals surface area contributed by atoms with Gasteiger partial charge in [0, 0.05) is 26.2 Å². The molecule has 1 rings (SSSR count). The average Bonchev–Trinajstić information content (AvgIpc) is 2.38. The van der Waals surface area contributed by atoms with E-state index in [-0.39, 0.29) is 12.5 Å². The van der Waals surface area contributed by atoms with E-state index >= 15 is 0 Å². The maximum atomic E-state index is 12.1. The van der Waals surface area contributed by atoms with Gasteiger partial charge in [-0.25, -0.2) is 0 Å². The van der Waals surface area contributed by atoms with Crippen LogP contribution in [0.3, 0.4) is 0 Å². The number of hydrogen-bond donors (Lipinski definition) is 1. The summed E-state index contributed by atoms with van der Waals surface area (Å²) in [4.78, 5) is 16.0. The number of rotatable bonds is 7. The fourth-order valence-electron chi connectivity index (χ4n) is 2.33. The van der Waals surface area contributed by atoms with Crippen LogP contribution in [-0.4, -0.2) is 60.1 Å². The van der Waals surface area contributed by atoms with Crippen molar-refractivity contribution in [1.82, 2.24) is 9.80 Å². The summed E-state index contributed by atoms with van der Waals surface area (Å²) in [7, 11) is 0. The molecule has 1 amide bonds. The van der Waals surface area contributed by atoms with Crippen molar-refractivity contribution in [3.63, 3.8) is 0 Å². The van der Waals surface area contributed by atoms with Crippen molar-refractivity contribution in [2.45, 2.75) is 12.8 Å². The summed E-state index contributed by atoms with van der Waals surface area (Å²) in [6.45, 7) is 10.8. The third-order valence-corrected chi connectivity index (χ3v) is 3.27. The fourth-order valence-corrected chi connectivity index (χ4v) is 2.33. The molecule has 1 aliphatic rings. The lowest BCUT2D eigenvalue weighted by Gasteiger charge is -2.32. The van der Waals surface area contributed by atoms with Crippen LogP contribution in [0.15, 0.2) is 25.3 Å². The molecule has 0 saturated carbocycles. The number of aliphatic hydroxyl groups excluding tert-OH is 1. The van der Waals surface area contributed by atoms with Crippen molar-refractivity contribution < 1.29 is 9.90 Å². The highest BCUT2D eigenvalue weighted by Gasteiger charge is 2.22. The molecule has 1 saturated heterocycles. The summed E-state index contributed by atoms with van der Waals surface area (Å²) in [5.41, 5.74) is 0. The summed E-state index contributed by atoms with van der Waals surface area (Å²) < 4.78 is 0. The lowest BCUT2D eigenvalue weighted by molar-refractivity contribution is -0.131. The van der Waals surface area contributed by atoms with Crippen molar-refractivity contribution >= 4 is 5.91 Å². The highest BCUT2D eigenvalue weighted by molar-refractivity contribution is 5.78. The molecule has 1 heterocycles. The van der Waals surface area contributed by atoms with Crippen LogP contribution >= 0.6 is 0 Å². The van der Waals surface area contributed by atoms with E-state index in [1.54, 1.807) is 17.1 Å². The Bertz CT molecular complexity index is 282. The molecule has 1 aliphatic heterocycles. The third kappa shape index (κ3) is 4.63. The zero-order valence-corrected chi connectivity index (χ0v) is 11.1. The molecule has 0 bridgehead atoms. The Hall–Kier alpha value is -1.13. The van der Waals surface area contributed by atoms with Crippen LogP contribution in [0.1, 0.15) is 12.8 Å². The zero-order chi connectivity index (χ0) is 13.4. The van der Waals surface area contributed by atoms with E-state index in [9.17, 15) is 9.90 Å². The number of piperidine rings is 1. The van der Waals surface area contributed by atoms with Crippen LogP contribution in [0.25, 0.3) is 0 Å². The van der Waals surface area contributed by atoms with Crippen LogP contribution in [0.5, 0.6) is 0 Å². The van der Waals surface area contributed by atoms with Gasteiger partial charge in [-0.2, -0.15) is 0 Å². The van der Waals surface area contributed by atoms with E-state index in [0.717, 1.165) is 25.9 Å². The van der Waals surface area contributed by atoms with Crippen molar-refractivity contribution in [3.8, 4) is 0 Å². The molecule has 0 aromatic carbocycles. The van der Waals surface area contributed by atoms with Gasteiger partial charge in [0.05, 0.1) is 6.54 Å². The summed E-state index contributed by atoms with van der Waals surface area (Å²) in [5, 5.41) is 9.17. The van der Waals surface area contributed by atoms with Gasteiger partial charge in [0.1, 0.15) is 0 Å². The lowest BCUT2D eigenvalue weighted by atomic mass is 9.99. The second-order valence-electron chi connectivity index (χ2n) is 4.80. The molecular formula is C14H24N2O2. The predicted molar refractivity (Wildman–Crippen MR) is 73.2 cm³/mol. The molecule has 0 aromatic heterocycles. The number of aliphatic hydroxyl groups is 1. The molecule has 18 heavy (non-hydrogen) atoms. The first-order chi connectivity index (χ1) is 8.71. The first-order valence-electron chi connectivity index (χ1n) is 6.54. The highest BCUT2D eigenvalue weighted by Crippen LogP contribution is 2.15. The van der Waals surface area contributed by atoms with Gasteiger partial charge >= 0.3 is 0 Å². The molecule has 0 spiro atoms. The van der Waals surface area contributed by atoms with Crippen molar-refractivity contribution in [2.75, 3.05) is 39.3 Å². The number of hydrogen-bond acceptors (Lipinski definition) is 3. The first kappa shape index (κ1) is 14.9. The Kier molecular flexibility index (Phi) is 6.68. The van der Waals surface area contributed by atoms with Crippen LogP contribution < -0.4 is 0 Å². The summed E-state index contributed by atoms with van der Waals surface area (Å²) in [6, 6.07) is 0. The quantitative estimate of drug-likeness (QED) is 0.684. The first-order valence-corrected chi connectivity index (χ1v) is 6.54. The maximum Gasteiger partial charge on any atom is 0.237 e. The highest BCUT2D eigenvalue weighted by atomic mass is 16.3. The average molecular weight is 252 g/mol. The molecule has 1 unspecified atom stereocenters. The Morgan fingerprint density at radius 3 is 2.61 bits per heavy atom. The van der Waals surface area contributed by atoms with E-state index in [0.29, 0.717) is 25.6 Å². The molecule has 1 atom stereocenters. The normalized spacial score (nSPS) is 20.4. The number of nitrogens with zero attached hydrogens (tertiary/aromatic N) is 2. The summed E-state index contributed by atoms with van der Waals surface area (Å²) in [5.74, 6) is 0.423. The summed E-state index contributed by atoms with van der Waals surface area (Å²) >= 11 is 0. The number of likely N-dealkylation sites (tertiary alicyclic amines) is 1. The number of carbonyl (C=O) groups is 1. The minimum Gasteiger partial charge on any atom is -0.396 e. The van der Waals surface area contributed by atoms with Gasteiger partial charge < -0.3 is 10.0 Å². The van der Waals surface area contributed by atoms with Gasteiger partial charge in [0.2, 0.25) is 5.91 Å². The monoisotopic (exact) mass is 252 g/mol. The number of amides is 1. The second kappa shape index (κ2) is 8.06. The van der Waals surface area contributed by atoms with Gasteiger partial charge in [-0.05, 0) is 25.3 Å². The third-order valence-electron chi connectivity index (χ3n) is 3.27. The lowest BCUT2D eigenvalue weighted by Crippen LogP contribution is -2.44. The van der Waals surface area contributed by atoms with Gasteiger partial charge in [-0.1, -0.05) is 12.2 Å². The molecule has 0 aromatic rings. The van der Waals surface area contributed by atoms with Crippen molar-refractivity contribution in [3.05, 3.63) is 25.3 Å². The van der Waals surface area contributed by atoms with Gasteiger partial charge in [0.25, 0.3) is 0 Å². The standard InChI is InChI=1S/C14H24N2O2/c1-3-7-16(8-4-2)14(18)11-15-9-5-6-13(10-15)12-17/h3-4,13,17H,1-2,5-12H2. The van der Waals surface area contributed by atoms with E-state index in [4.69, 9.17) is 0 Å². The van der Waals surface area contributed by atoms with Crippen molar-refractivity contribution in [2.24, 2.45) is 5.92 Å². The fraction of sp³-hybridized carbons (Fsp3) is 0.643. The van der Waals surface area contributed by atoms with Gasteiger partial charge in [0.15, 0.2) is 0 Å². The van der Waals surface area contributed by atoms with Gasteiger partial charge in [-0.3, -0.25) is 9.69 Å². The molecule has 1 fully saturated rings. The molecule has 4 heteroatoms. The molecule has 102 valence electrons. The maximum absolute atomic E-state index is 12.1. The van der Waals surface area contributed by atoms with E-state index in [1.165, 1.54) is 0 Å². The SMILES string of the molecule is C=CCN(CC=C)C(=O)CN1CCCC(CO)C1. The van der Waals surface area contributed by atoms with E-state index in [1.807, 2.05) is 0 Å². The van der Waals surface area contributed by atoms with Gasteiger partial charge in [-0.15, -0.1) is 13.2 Å². The van der Waals surface area contributed by atoms with Crippen LogP contribution in [0.4, 0.5) is 0 Å². The zero-order valence-electron chi connectivity index (χ0n) is 11.1. The molecule has 0 aliphatic carbocycles. The van der Waals surface area contributed by atoms with Crippen LogP contribution in [0.2, 0.25) is 0 Å². The predicted octanol–water partition coefficient (Wildman–Crippen LogP) is 0.891. The largest absolute Gasteiger partial charge is 0.396 e. The topological polar surface area (TPSA) is 43.8 Å². The Balaban J connectivity index is 2.45. The minimum absolute atomic E-state index is 0.105. The van der Waals surface area contributed by atoms with Crippen LogP contribution in [-0.2, 0) is 4.79 Å². The molecule has 1 N–H and O–H groups in total. The molecule has 0 radical (unpaired) electrons. The Morgan fingerprint density at radius 2 is 2.06 bits per heavy atom. The van der Waals surface area contributed by atoms with E-state index < -0.39 is 0 Å². The van der Waals surface area contributed by atoms with E-state index in [2.05, 4.69) is 18.1 Å².